The van der Waals surface area contributed by atoms with Gasteiger partial charge in [0.2, 0.25) is 0 Å². The zero-order valence-electron chi connectivity index (χ0n) is 16.7. The minimum absolute atomic E-state index is 0.0404. The van der Waals surface area contributed by atoms with Crippen molar-refractivity contribution in [1.82, 2.24) is 5.32 Å². The van der Waals surface area contributed by atoms with Crippen LogP contribution in [0.1, 0.15) is 30.9 Å². The van der Waals surface area contributed by atoms with Gasteiger partial charge in [-0.2, -0.15) is 0 Å². The van der Waals surface area contributed by atoms with Crippen LogP contribution in [-0.2, 0) is 16.0 Å². The first-order valence-electron chi connectivity index (χ1n) is 10.0. The molecule has 2 aromatic rings. The first-order chi connectivity index (χ1) is 14.5. The molecule has 0 unspecified atom stereocenters. The molecule has 0 bridgehead atoms. The highest BCUT2D eigenvalue weighted by atomic mass is 32.1. The van der Waals surface area contributed by atoms with Gasteiger partial charge in [0.05, 0.1) is 11.4 Å². The van der Waals surface area contributed by atoms with Gasteiger partial charge < -0.3 is 4.90 Å². The number of halogens is 1. The molecule has 2 heterocycles. The summed E-state index contributed by atoms with van der Waals surface area (Å²) in [5, 5.41) is 2.62. The van der Waals surface area contributed by atoms with Crippen LogP contribution in [0.5, 0.6) is 0 Å². The highest BCUT2D eigenvalue weighted by Gasteiger charge is 2.35. The molecule has 5 nitrogen and oxygen atoms in total. The number of para-hydroxylation sites is 1. The highest BCUT2D eigenvalue weighted by Crippen LogP contribution is 2.28. The number of amides is 2. The topological polar surface area (TPSA) is 52.7 Å². The lowest BCUT2D eigenvalue weighted by molar-refractivity contribution is -0.122. The standard InChI is InChI=1S/C23H22FN3O2S/c1-2-16-7-3-4-8-19(16)27-22(29)17(21(28)25-23(27)30)13-15-9-10-20(18(24)14-15)26-11-5-6-12-26/h3-4,7-10,13-14H,2,5-6,11-12H2,1H3,(H,25,28,30)/b17-13+. The van der Waals surface area contributed by atoms with Gasteiger partial charge in [-0.05, 0) is 66.9 Å². The second kappa shape index (κ2) is 8.36. The van der Waals surface area contributed by atoms with Crippen molar-refractivity contribution in [3.05, 3.63) is 65.0 Å². The molecule has 0 spiro atoms. The number of aryl methyl sites for hydroxylation is 1. The third-order valence-corrected chi connectivity index (χ3v) is 5.73. The van der Waals surface area contributed by atoms with Crippen molar-refractivity contribution in [2.75, 3.05) is 22.9 Å². The number of hydrogen-bond acceptors (Lipinski definition) is 4. The molecule has 2 aliphatic heterocycles. The average Bonchev–Trinajstić information content (AvgIpc) is 3.26. The summed E-state index contributed by atoms with van der Waals surface area (Å²) in [7, 11) is 0. The van der Waals surface area contributed by atoms with Crippen molar-refractivity contribution in [1.29, 1.82) is 0 Å². The summed E-state index contributed by atoms with van der Waals surface area (Å²) < 4.78 is 14.7. The van der Waals surface area contributed by atoms with E-state index < -0.39 is 11.8 Å². The quantitative estimate of drug-likeness (QED) is 0.462. The molecule has 0 atom stereocenters. The smallest absolute Gasteiger partial charge is 0.270 e. The first-order valence-corrected chi connectivity index (χ1v) is 10.4. The molecular weight excluding hydrogens is 401 g/mol. The Balaban J connectivity index is 1.68. The molecule has 2 aliphatic rings. The second-order valence-electron chi connectivity index (χ2n) is 7.35. The Morgan fingerprint density at radius 3 is 2.53 bits per heavy atom. The summed E-state index contributed by atoms with van der Waals surface area (Å²) in [6.45, 7) is 3.65. The molecule has 7 heteroatoms. The van der Waals surface area contributed by atoms with Crippen LogP contribution in [0, 0.1) is 5.82 Å². The molecule has 2 amide bonds. The van der Waals surface area contributed by atoms with E-state index in [1.807, 2.05) is 30.0 Å². The van der Waals surface area contributed by atoms with Gasteiger partial charge in [-0.15, -0.1) is 0 Å². The third kappa shape index (κ3) is 3.73. The minimum Gasteiger partial charge on any atom is -0.369 e. The number of carbonyl (C=O) groups excluding carboxylic acids is 2. The van der Waals surface area contributed by atoms with Crippen molar-refractivity contribution >= 4 is 46.6 Å². The van der Waals surface area contributed by atoms with Crippen molar-refractivity contribution in [3.8, 4) is 0 Å². The number of anilines is 2. The number of rotatable bonds is 4. The summed E-state index contributed by atoms with van der Waals surface area (Å²) in [6, 6.07) is 12.2. The van der Waals surface area contributed by atoms with Gasteiger partial charge >= 0.3 is 0 Å². The van der Waals surface area contributed by atoms with Gasteiger partial charge in [-0.3, -0.25) is 19.8 Å². The predicted molar refractivity (Wildman–Crippen MR) is 120 cm³/mol. The molecule has 4 rings (SSSR count). The van der Waals surface area contributed by atoms with Crippen LogP contribution in [0.4, 0.5) is 15.8 Å². The van der Waals surface area contributed by atoms with E-state index in [1.165, 1.54) is 17.0 Å². The molecule has 0 saturated carbocycles. The maximum absolute atomic E-state index is 14.7. The number of thiocarbonyl (C=S) groups is 1. The molecule has 0 aromatic heterocycles. The first kappa shape index (κ1) is 20.2. The second-order valence-corrected chi connectivity index (χ2v) is 7.73. The number of carbonyl (C=O) groups is 2. The van der Waals surface area contributed by atoms with Crippen LogP contribution in [0.25, 0.3) is 6.08 Å². The average molecular weight is 424 g/mol. The monoisotopic (exact) mass is 423 g/mol. The molecular formula is C23H22FN3O2S. The normalized spacial score (nSPS) is 18.3. The van der Waals surface area contributed by atoms with Gasteiger partial charge in [0.1, 0.15) is 11.4 Å². The van der Waals surface area contributed by atoms with E-state index in [9.17, 15) is 14.0 Å². The molecule has 2 aromatic carbocycles. The summed E-state index contributed by atoms with van der Waals surface area (Å²) in [4.78, 5) is 29.0. The lowest BCUT2D eigenvalue weighted by Gasteiger charge is -2.30. The maximum atomic E-state index is 14.7. The predicted octanol–water partition coefficient (Wildman–Crippen LogP) is 3.82. The Labute approximate surface area is 180 Å². The maximum Gasteiger partial charge on any atom is 0.270 e. The summed E-state index contributed by atoms with van der Waals surface area (Å²) in [6.07, 6.45) is 4.22. The molecule has 30 heavy (non-hydrogen) atoms. The van der Waals surface area contributed by atoms with Crippen molar-refractivity contribution < 1.29 is 14.0 Å². The van der Waals surface area contributed by atoms with E-state index in [2.05, 4.69) is 5.32 Å². The molecule has 0 aliphatic carbocycles. The third-order valence-electron chi connectivity index (χ3n) is 5.44. The van der Waals surface area contributed by atoms with Crippen LogP contribution < -0.4 is 15.1 Å². The molecule has 2 fully saturated rings. The van der Waals surface area contributed by atoms with Crippen LogP contribution in [0.3, 0.4) is 0 Å². The SMILES string of the molecule is CCc1ccccc1N1C(=O)/C(=C/c2ccc(N3CCCC3)c(F)c2)C(=O)NC1=S. The van der Waals surface area contributed by atoms with E-state index in [0.29, 0.717) is 23.4 Å². The van der Waals surface area contributed by atoms with Crippen molar-refractivity contribution in [3.63, 3.8) is 0 Å². The highest BCUT2D eigenvalue weighted by molar-refractivity contribution is 7.80. The minimum atomic E-state index is -0.584. The zero-order chi connectivity index (χ0) is 21.3. The summed E-state index contributed by atoms with van der Waals surface area (Å²) in [5.41, 5.74) is 2.49. The van der Waals surface area contributed by atoms with Crippen molar-refractivity contribution in [2.45, 2.75) is 26.2 Å². The van der Waals surface area contributed by atoms with Crippen LogP contribution in [0.2, 0.25) is 0 Å². The largest absolute Gasteiger partial charge is 0.369 e. The Morgan fingerprint density at radius 1 is 1.10 bits per heavy atom. The van der Waals surface area contributed by atoms with Gasteiger partial charge in [0.15, 0.2) is 5.11 Å². The van der Waals surface area contributed by atoms with Gasteiger partial charge in [-0.25, -0.2) is 4.39 Å². The van der Waals surface area contributed by atoms with Gasteiger partial charge in [0, 0.05) is 13.1 Å². The Kier molecular flexibility index (Phi) is 5.63. The van der Waals surface area contributed by atoms with Crippen LogP contribution in [-0.4, -0.2) is 30.0 Å². The van der Waals surface area contributed by atoms with E-state index in [1.54, 1.807) is 18.2 Å². The fourth-order valence-electron chi connectivity index (χ4n) is 3.90. The lowest BCUT2D eigenvalue weighted by atomic mass is 10.0. The zero-order valence-corrected chi connectivity index (χ0v) is 17.5. The van der Waals surface area contributed by atoms with Crippen LogP contribution >= 0.6 is 12.2 Å². The number of nitrogens with zero attached hydrogens (tertiary/aromatic N) is 2. The fraction of sp³-hybridized carbons (Fsp3) is 0.261. The van der Waals surface area contributed by atoms with Crippen LogP contribution in [0.15, 0.2) is 48.0 Å². The van der Waals surface area contributed by atoms with E-state index in [0.717, 1.165) is 31.5 Å². The Bertz CT molecular complexity index is 1060. The fourth-order valence-corrected chi connectivity index (χ4v) is 4.17. The molecule has 0 radical (unpaired) electrons. The van der Waals surface area contributed by atoms with E-state index in [-0.39, 0.29) is 16.5 Å². The summed E-state index contributed by atoms with van der Waals surface area (Å²) >= 11 is 5.27. The van der Waals surface area contributed by atoms with Gasteiger partial charge in [-0.1, -0.05) is 31.2 Å². The number of benzene rings is 2. The lowest BCUT2D eigenvalue weighted by Crippen LogP contribution is -2.54. The number of nitrogens with one attached hydrogen (secondary N) is 1. The van der Waals surface area contributed by atoms with E-state index in [4.69, 9.17) is 12.2 Å². The van der Waals surface area contributed by atoms with Crippen molar-refractivity contribution in [2.24, 2.45) is 0 Å². The Morgan fingerprint density at radius 2 is 1.83 bits per heavy atom. The molecule has 2 saturated heterocycles. The molecule has 1 N–H and O–H groups in total. The van der Waals surface area contributed by atoms with E-state index >= 15 is 0 Å². The number of hydrogen-bond donors (Lipinski definition) is 1. The van der Waals surface area contributed by atoms with Gasteiger partial charge in [0.25, 0.3) is 11.8 Å². The molecule has 154 valence electrons. The Hall–Kier alpha value is -3.06. The summed E-state index contributed by atoms with van der Waals surface area (Å²) in [5.74, 6) is -1.47.